The van der Waals surface area contributed by atoms with Crippen LogP contribution in [0.25, 0.3) is 0 Å². The Morgan fingerprint density at radius 2 is 2.31 bits per heavy atom. The second-order valence-electron chi connectivity index (χ2n) is 5.20. The van der Waals surface area contributed by atoms with E-state index in [2.05, 4.69) is 41.8 Å². The van der Waals surface area contributed by atoms with Crippen LogP contribution in [0.5, 0.6) is 0 Å². The minimum atomic E-state index is 0.0322. The van der Waals surface area contributed by atoms with Crippen molar-refractivity contribution < 1.29 is 4.74 Å². The van der Waals surface area contributed by atoms with Crippen LogP contribution in [0, 0.1) is 6.92 Å². The Labute approximate surface area is 97.0 Å². The van der Waals surface area contributed by atoms with Crippen molar-refractivity contribution in [3.8, 4) is 0 Å². The summed E-state index contributed by atoms with van der Waals surface area (Å²) < 4.78 is 7.62. The van der Waals surface area contributed by atoms with Crippen molar-refractivity contribution in [1.82, 2.24) is 9.55 Å². The molecule has 4 heteroatoms. The van der Waals surface area contributed by atoms with Gasteiger partial charge in [-0.1, -0.05) is 0 Å². The number of hydrogen-bond donors (Lipinski definition) is 1. The van der Waals surface area contributed by atoms with Crippen LogP contribution in [0.2, 0.25) is 0 Å². The van der Waals surface area contributed by atoms with Gasteiger partial charge in [-0.15, -0.1) is 0 Å². The van der Waals surface area contributed by atoms with Gasteiger partial charge in [-0.25, -0.2) is 4.98 Å². The van der Waals surface area contributed by atoms with Gasteiger partial charge in [0.15, 0.2) is 0 Å². The number of aryl methyl sites for hydroxylation is 1. The molecule has 0 bridgehead atoms. The second kappa shape index (κ2) is 4.09. The van der Waals surface area contributed by atoms with Crippen LogP contribution in [0.3, 0.4) is 0 Å². The molecule has 1 atom stereocenters. The molecule has 2 heterocycles. The van der Waals surface area contributed by atoms with E-state index in [1.807, 2.05) is 6.92 Å². The third kappa shape index (κ3) is 2.21. The normalized spacial score (nSPS) is 25.3. The molecule has 4 nitrogen and oxygen atoms in total. The summed E-state index contributed by atoms with van der Waals surface area (Å²) in [5.74, 6) is 0.959. The van der Waals surface area contributed by atoms with Crippen LogP contribution < -0.4 is 5.32 Å². The monoisotopic (exact) mass is 223 g/mol. The van der Waals surface area contributed by atoms with Crippen molar-refractivity contribution in [2.45, 2.75) is 45.7 Å². The molecule has 0 radical (unpaired) electrons. The van der Waals surface area contributed by atoms with Crippen molar-refractivity contribution in [2.75, 3.05) is 18.5 Å². The Bertz CT molecular complexity index is 364. The van der Waals surface area contributed by atoms with Crippen LogP contribution in [-0.2, 0) is 4.74 Å². The Morgan fingerprint density at radius 1 is 1.56 bits per heavy atom. The number of anilines is 1. The molecule has 1 aliphatic heterocycles. The van der Waals surface area contributed by atoms with Crippen molar-refractivity contribution in [1.29, 1.82) is 0 Å². The first-order valence-corrected chi connectivity index (χ1v) is 5.92. The Balaban J connectivity index is 2.20. The summed E-state index contributed by atoms with van der Waals surface area (Å²) in [4.78, 5) is 4.54. The maximum Gasteiger partial charge on any atom is 0.203 e. The van der Waals surface area contributed by atoms with E-state index >= 15 is 0 Å². The highest BCUT2D eigenvalue weighted by Gasteiger charge is 2.31. The van der Waals surface area contributed by atoms with Crippen molar-refractivity contribution in [3.63, 3.8) is 0 Å². The van der Waals surface area contributed by atoms with Crippen LogP contribution >= 0.6 is 0 Å². The maximum atomic E-state index is 5.44. The fourth-order valence-corrected chi connectivity index (χ4v) is 2.04. The largest absolute Gasteiger partial charge is 0.379 e. The van der Waals surface area contributed by atoms with Gasteiger partial charge in [-0.2, -0.15) is 0 Å². The zero-order valence-corrected chi connectivity index (χ0v) is 10.6. The Kier molecular flexibility index (Phi) is 2.93. The molecule has 1 aromatic heterocycles. The molecule has 0 amide bonds. The number of aromatic nitrogens is 2. The van der Waals surface area contributed by atoms with Gasteiger partial charge in [0.1, 0.15) is 0 Å². The van der Waals surface area contributed by atoms with E-state index in [-0.39, 0.29) is 5.54 Å². The van der Waals surface area contributed by atoms with E-state index < -0.39 is 0 Å². The third-order valence-corrected chi connectivity index (χ3v) is 3.04. The highest BCUT2D eigenvalue weighted by atomic mass is 16.5. The molecule has 0 aliphatic carbocycles. The number of hydrogen-bond acceptors (Lipinski definition) is 3. The molecule has 0 spiro atoms. The molecule has 1 unspecified atom stereocenters. The average molecular weight is 223 g/mol. The van der Waals surface area contributed by atoms with E-state index in [1.54, 1.807) is 0 Å². The lowest BCUT2D eigenvalue weighted by molar-refractivity contribution is 0.185. The molecule has 1 aliphatic rings. The molecule has 16 heavy (non-hydrogen) atoms. The van der Waals surface area contributed by atoms with Crippen molar-refractivity contribution >= 4 is 5.95 Å². The van der Waals surface area contributed by atoms with Crippen LogP contribution in [0.1, 0.15) is 38.9 Å². The summed E-state index contributed by atoms with van der Waals surface area (Å²) in [5, 5.41) is 3.51. The summed E-state index contributed by atoms with van der Waals surface area (Å²) in [6.07, 6.45) is 3.13. The second-order valence-corrected chi connectivity index (χ2v) is 5.20. The molecule has 1 N–H and O–H groups in total. The summed E-state index contributed by atoms with van der Waals surface area (Å²) in [6, 6.07) is 0.426. The first-order chi connectivity index (χ1) is 7.50. The zero-order valence-electron chi connectivity index (χ0n) is 10.6. The number of rotatable bonds is 3. The van der Waals surface area contributed by atoms with Gasteiger partial charge in [0, 0.05) is 18.8 Å². The molecule has 1 saturated heterocycles. The third-order valence-electron chi connectivity index (χ3n) is 3.04. The zero-order chi connectivity index (χ0) is 11.8. The van der Waals surface area contributed by atoms with Crippen LogP contribution in [0.4, 0.5) is 5.95 Å². The standard InChI is InChI=1S/C12H21N3O/c1-9(2)15-7-10(3)13-11(15)14-12(4)5-6-16-8-12/h7,9H,5-6,8H2,1-4H3,(H,13,14). The predicted octanol–water partition coefficient (Wildman–Crippen LogP) is 2.36. The van der Waals surface area contributed by atoms with Gasteiger partial charge in [-0.05, 0) is 34.1 Å². The number of ether oxygens (including phenoxy) is 1. The van der Waals surface area contributed by atoms with Gasteiger partial charge in [0.25, 0.3) is 0 Å². The summed E-state index contributed by atoms with van der Waals surface area (Å²) in [7, 11) is 0. The van der Waals surface area contributed by atoms with Crippen molar-refractivity contribution in [2.24, 2.45) is 0 Å². The lowest BCUT2D eigenvalue weighted by Crippen LogP contribution is -2.36. The molecule has 2 rings (SSSR count). The van der Waals surface area contributed by atoms with Gasteiger partial charge in [0.05, 0.1) is 17.8 Å². The van der Waals surface area contributed by atoms with E-state index in [0.29, 0.717) is 6.04 Å². The topological polar surface area (TPSA) is 39.1 Å². The first kappa shape index (κ1) is 11.5. The van der Waals surface area contributed by atoms with Gasteiger partial charge in [-0.3, -0.25) is 0 Å². The minimum Gasteiger partial charge on any atom is -0.379 e. The van der Waals surface area contributed by atoms with E-state index in [0.717, 1.165) is 31.3 Å². The average Bonchev–Trinajstić information content (AvgIpc) is 2.73. The quantitative estimate of drug-likeness (QED) is 0.855. The van der Waals surface area contributed by atoms with Gasteiger partial charge < -0.3 is 14.6 Å². The summed E-state index contributed by atoms with van der Waals surface area (Å²) in [5.41, 5.74) is 1.09. The molecular weight excluding hydrogens is 202 g/mol. The fourth-order valence-electron chi connectivity index (χ4n) is 2.04. The molecule has 1 fully saturated rings. The van der Waals surface area contributed by atoms with Gasteiger partial charge in [0.2, 0.25) is 5.95 Å². The molecular formula is C12H21N3O. The minimum absolute atomic E-state index is 0.0322. The summed E-state index contributed by atoms with van der Waals surface area (Å²) in [6.45, 7) is 10.1. The lowest BCUT2D eigenvalue weighted by atomic mass is 10.0. The first-order valence-electron chi connectivity index (χ1n) is 5.92. The molecule has 1 aromatic rings. The van der Waals surface area contributed by atoms with Crippen LogP contribution in [-0.4, -0.2) is 28.3 Å². The fraction of sp³-hybridized carbons (Fsp3) is 0.750. The van der Waals surface area contributed by atoms with Gasteiger partial charge >= 0.3 is 0 Å². The lowest BCUT2D eigenvalue weighted by Gasteiger charge is -2.25. The SMILES string of the molecule is Cc1cn(C(C)C)c(NC2(C)CCOC2)n1. The smallest absolute Gasteiger partial charge is 0.203 e. The molecule has 0 aromatic carbocycles. The van der Waals surface area contributed by atoms with Crippen molar-refractivity contribution in [3.05, 3.63) is 11.9 Å². The molecule has 90 valence electrons. The highest BCUT2D eigenvalue weighted by molar-refractivity contribution is 5.33. The Morgan fingerprint density at radius 3 is 2.88 bits per heavy atom. The number of nitrogens with zero attached hydrogens (tertiary/aromatic N) is 2. The predicted molar refractivity (Wildman–Crippen MR) is 64.8 cm³/mol. The molecule has 0 saturated carbocycles. The van der Waals surface area contributed by atoms with E-state index in [4.69, 9.17) is 4.74 Å². The van der Waals surface area contributed by atoms with Crippen LogP contribution in [0.15, 0.2) is 6.20 Å². The maximum absolute atomic E-state index is 5.44. The number of nitrogens with one attached hydrogen (secondary N) is 1. The number of imidazole rings is 1. The highest BCUT2D eigenvalue weighted by Crippen LogP contribution is 2.25. The van der Waals surface area contributed by atoms with E-state index in [9.17, 15) is 0 Å². The van der Waals surface area contributed by atoms with E-state index in [1.165, 1.54) is 0 Å². The summed E-state index contributed by atoms with van der Waals surface area (Å²) >= 11 is 0. The Hall–Kier alpha value is -1.03.